The maximum absolute atomic E-state index is 11.1. The Kier molecular flexibility index (Phi) is 3.66. The summed E-state index contributed by atoms with van der Waals surface area (Å²) in [5, 5.41) is 12.2. The van der Waals surface area contributed by atoms with Gasteiger partial charge in [-0.25, -0.2) is 4.79 Å². The fourth-order valence-corrected chi connectivity index (χ4v) is 1.69. The second-order valence-electron chi connectivity index (χ2n) is 4.27. The molecule has 1 aromatic heterocycles. The minimum absolute atomic E-state index is 0.203. The second kappa shape index (κ2) is 5.39. The number of benzene rings is 1. The van der Waals surface area contributed by atoms with E-state index < -0.39 is 5.97 Å². The van der Waals surface area contributed by atoms with Crippen molar-refractivity contribution >= 4 is 17.3 Å². The van der Waals surface area contributed by atoms with E-state index in [1.807, 2.05) is 19.1 Å². The van der Waals surface area contributed by atoms with Crippen molar-refractivity contribution in [1.29, 1.82) is 0 Å². The molecular formula is C14H15N3O2. The van der Waals surface area contributed by atoms with Crippen molar-refractivity contribution < 1.29 is 9.90 Å². The average molecular weight is 257 g/mol. The maximum atomic E-state index is 11.1. The number of rotatable bonds is 4. The van der Waals surface area contributed by atoms with Gasteiger partial charge in [-0.1, -0.05) is 6.07 Å². The van der Waals surface area contributed by atoms with Crippen LogP contribution in [0.2, 0.25) is 0 Å². The van der Waals surface area contributed by atoms with Gasteiger partial charge in [0.15, 0.2) is 0 Å². The number of nitrogens with two attached hydrogens (primary N) is 1. The van der Waals surface area contributed by atoms with E-state index in [0.717, 1.165) is 11.3 Å². The molecule has 0 saturated carbocycles. The molecule has 0 aliphatic carbocycles. The first-order valence-corrected chi connectivity index (χ1v) is 5.84. The average Bonchev–Trinajstić information content (AvgIpc) is 2.38. The van der Waals surface area contributed by atoms with Crippen molar-refractivity contribution in [3.8, 4) is 0 Å². The van der Waals surface area contributed by atoms with Gasteiger partial charge in [-0.2, -0.15) is 0 Å². The SMILES string of the molecule is Cc1ccc(CNc2cc(N)ccc2C(=O)O)cn1. The standard InChI is InChI=1S/C14H15N3O2/c1-9-2-3-10(7-16-9)8-17-13-6-11(15)4-5-12(13)14(18)19/h2-7,17H,8,15H2,1H3,(H,18,19). The summed E-state index contributed by atoms with van der Waals surface area (Å²) in [5.74, 6) is -0.982. The van der Waals surface area contributed by atoms with Crippen molar-refractivity contribution in [3.05, 3.63) is 53.3 Å². The van der Waals surface area contributed by atoms with E-state index >= 15 is 0 Å². The number of hydrogen-bond donors (Lipinski definition) is 3. The monoisotopic (exact) mass is 257 g/mol. The number of nitrogens with zero attached hydrogens (tertiary/aromatic N) is 1. The first kappa shape index (κ1) is 12.9. The van der Waals surface area contributed by atoms with Crippen molar-refractivity contribution in [1.82, 2.24) is 4.98 Å². The number of nitrogens with one attached hydrogen (secondary N) is 1. The van der Waals surface area contributed by atoms with Gasteiger partial charge in [0, 0.05) is 24.1 Å². The van der Waals surface area contributed by atoms with Gasteiger partial charge in [-0.15, -0.1) is 0 Å². The summed E-state index contributed by atoms with van der Waals surface area (Å²) in [7, 11) is 0. The molecule has 0 fully saturated rings. The van der Waals surface area contributed by atoms with Gasteiger partial charge in [-0.3, -0.25) is 4.98 Å². The summed E-state index contributed by atoms with van der Waals surface area (Å²) in [6.07, 6.45) is 1.76. The third kappa shape index (κ3) is 3.22. The quantitative estimate of drug-likeness (QED) is 0.731. The molecule has 0 radical (unpaired) electrons. The minimum atomic E-state index is -0.982. The Bertz CT molecular complexity index is 594. The lowest BCUT2D eigenvalue weighted by atomic mass is 10.1. The summed E-state index contributed by atoms with van der Waals surface area (Å²) in [4.78, 5) is 15.3. The van der Waals surface area contributed by atoms with Crippen LogP contribution < -0.4 is 11.1 Å². The topological polar surface area (TPSA) is 88.2 Å². The lowest BCUT2D eigenvalue weighted by molar-refractivity contribution is 0.0698. The Balaban J connectivity index is 2.16. The lowest BCUT2D eigenvalue weighted by Crippen LogP contribution is -2.07. The van der Waals surface area contributed by atoms with Crippen LogP contribution in [0.25, 0.3) is 0 Å². The minimum Gasteiger partial charge on any atom is -0.478 e. The summed E-state index contributed by atoms with van der Waals surface area (Å²) >= 11 is 0. The predicted molar refractivity (Wildman–Crippen MR) is 74.1 cm³/mol. The molecule has 0 aliphatic heterocycles. The number of carboxylic acids is 1. The molecule has 0 spiro atoms. The van der Waals surface area contributed by atoms with Crippen LogP contribution in [-0.4, -0.2) is 16.1 Å². The first-order valence-electron chi connectivity index (χ1n) is 5.84. The number of anilines is 2. The highest BCUT2D eigenvalue weighted by atomic mass is 16.4. The zero-order chi connectivity index (χ0) is 13.8. The van der Waals surface area contributed by atoms with Crippen LogP contribution in [-0.2, 0) is 6.54 Å². The molecule has 19 heavy (non-hydrogen) atoms. The lowest BCUT2D eigenvalue weighted by Gasteiger charge is -2.10. The summed E-state index contributed by atoms with van der Waals surface area (Å²) < 4.78 is 0. The highest BCUT2D eigenvalue weighted by Gasteiger charge is 2.09. The highest BCUT2D eigenvalue weighted by molar-refractivity contribution is 5.95. The van der Waals surface area contributed by atoms with E-state index in [0.29, 0.717) is 17.9 Å². The second-order valence-corrected chi connectivity index (χ2v) is 4.27. The summed E-state index contributed by atoms with van der Waals surface area (Å²) in [6, 6.07) is 8.54. The van der Waals surface area contributed by atoms with Crippen LogP contribution in [0.4, 0.5) is 11.4 Å². The van der Waals surface area contributed by atoms with E-state index in [9.17, 15) is 4.79 Å². The highest BCUT2D eigenvalue weighted by Crippen LogP contribution is 2.20. The maximum Gasteiger partial charge on any atom is 0.337 e. The van der Waals surface area contributed by atoms with Crippen LogP contribution in [0, 0.1) is 6.92 Å². The Labute approximate surface area is 111 Å². The smallest absolute Gasteiger partial charge is 0.337 e. The number of aryl methyl sites for hydroxylation is 1. The van der Waals surface area contributed by atoms with Crippen LogP contribution >= 0.6 is 0 Å². The summed E-state index contributed by atoms with van der Waals surface area (Å²) in [6.45, 7) is 2.41. The summed E-state index contributed by atoms with van der Waals surface area (Å²) in [5.41, 5.74) is 8.82. The van der Waals surface area contributed by atoms with Crippen LogP contribution in [0.5, 0.6) is 0 Å². The number of carboxylic acid groups (broad SMARTS) is 1. The number of nitrogen functional groups attached to an aromatic ring is 1. The molecule has 2 rings (SSSR count). The number of carbonyl (C=O) groups is 1. The molecule has 0 amide bonds. The van der Waals surface area contributed by atoms with Crippen LogP contribution in [0.3, 0.4) is 0 Å². The number of hydrogen-bond acceptors (Lipinski definition) is 4. The molecular weight excluding hydrogens is 242 g/mol. The van der Waals surface area contributed by atoms with E-state index in [-0.39, 0.29) is 5.56 Å². The first-order chi connectivity index (χ1) is 9.06. The molecule has 4 N–H and O–H groups in total. The molecule has 98 valence electrons. The third-order valence-electron chi connectivity index (χ3n) is 2.73. The molecule has 5 heteroatoms. The molecule has 0 bridgehead atoms. The number of pyridine rings is 1. The van der Waals surface area contributed by atoms with Gasteiger partial charge < -0.3 is 16.2 Å². The van der Waals surface area contributed by atoms with Gasteiger partial charge >= 0.3 is 5.97 Å². The molecule has 0 aliphatic rings. The Morgan fingerprint density at radius 3 is 2.79 bits per heavy atom. The van der Waals surface area contributed by atoms with Crippen molar-refractivity contribution in [2.45, 2.75) is 13.5 Å². The molecule has 5 nitrogen and oxygen atoms in total. The fourth-order valence-electron chi connectivity index (χ4n) is 1.69. The van der Waals surface area contributed by atoms with Gasteiger partial charge in [-0.05, 0) is 36.8 Å². The van der Waals surface area contributed by atoms with Crippen LogP contribution in [0.15, 0.2) is 36.5 Å². The van der Waals surface area contributed by atoms with E-state index in [1.54, 1.807) is 18.3 Å². The molecule has 2 aromatic rings. The van der Waals surface area contributed by atoms with E-state index in [1.165, 1.54) is 6.07 Å². The van der Waals surface area contributed by atoms with Gasteiger partial charge in [0.1, 0.15) is 0 Å². The predicted octanol–water partition coefficient (Wildman–Crippen LogP) is 2.28. The Morgan fingerprint density at radius 2 is 2.16 bits per heavy atom. The number of aromatic carboxylic acids is 1. The zero-order valence-corrected chi connectivity index (χ0v) is 10.6. The van der Waals surface area contributed by atoms with Gasteiger partial charge in [0.2, 0.25) is 0 Å². The Morgan fingerprint density at radius 1 is 1.37 bits per heavy atom. The molecule has 0 unspecified atom stereocenters. The molecule has 0 atom stereocenters. The van der Waals surface area contributed by atoms with Crippen molar-refractivity contribution in [2.24, 2.45) is 0 Å². The normalized spacial score (nSPS) is 10.2. The molecule has 1 heterocycles. The van der Waals surface area contributed by atoms with E-state index in [4.69, 9.17) is 10.8 Å². The third-order valence-corrected chi connectivity index (χ3v) is 2.73. The van der Waals surface area contributed by atoms with Gasteiger partial charge in [0.25, 0.3) is 0 Å². The zero-order valence-electron chi connectivity index (χ0n) is 10.6. The molecule has 0 saturated heterocycles. The van der Waals surface area contributed by atoms with Gasteiger partial charge in [0.05, 0.1) is 11.3 Å². The van der Waals surface area contributed by atoms with Crippen LogP contribution in [0.1, 0.15) is 21.6 Å². The molecule has 1 aromatic carbocycles. The fraction of sp³-hybridized carbons (Fsp3) is 0.143. The largest absolute Gasteiger partial charge is 0.478 e. The van der Waals surface area contributed by atoms with Crippen molar-refractivity contribution in [2.75, 3.05) is 11.1 Å². The Hall–Kier alpha value is -2.56. The van der Waals surface area contributed by atoms with Crippen molar-refractivity contribution in [3.63, 3.8) is 0 Å². The van der Waals surface area contributed by atoms with E-state index in [2.05, 4.69) is 10.3 Å². The number of aromatic nitrogens is 1.